The van der Waals surface area contributed by atoms with Gasteiger partial charge in [-0.3, -0.25) is 9.47 Å². The maximum atomic E-state index is 12.5. The predicted molar refractivity (Wildman–Crippen MR) is 108 cm³/mol. The molecule has 1 aromatic carbocycles. The number of benzene rings is 1. The van der Waals surface area contributed by atoms with Crippen molar-refractivity contribution < 1.29 is 4.42 Å². The van der Waals surface area contributed by atoms with E-state index >= 15 is 0 Å². The number of aromatic amines is 1. The Kier molecular flexibility index (Phi) is 4.37. The van der Waals surface area contributed by atoms with Crippen LogP contribution in [0, 0.1) is 0 Å². The molecule has 1 N–H and O–H groups in total. The molecule has 0 saturated carbocycles. The van der Waals surface area contributed by atoms with Crippen LogP contribution in [0.4, 0.5) is 0 Å². The summed E-state index contributed by atoms with van der Waals surface area (Å²) in [5.74, 6) is 1.23. The number of nitrogens with zero attached hydrogens (tertiary/aromatic N) is 4. The zero-order chi connectivity index (χ0) is 19.1. The summed E-state index contributed by atoms with van der Waals surface area (Å²) < 4.78 is 7.82. The van der Waals surface area contributed by atoms with Crippen LogP contribution in [0.15, 0.2) is 51.0 Å². The summed E-state index contributed by atoms with van der Waals surface area (Å²) in [5, 5.41) is 10.5. The van der Waals surface area contributed by atoms with Crippen LogP contribution in [0.1, 0.15) is 37.7 Å². The van der Waals surface area contributed by atoms with Gasteiger partial charge < -0.3 is 9.40 Å². The summed E-state index contributed by atoms with van der Waals surface area (Å²) >= 11 is 1.59. The van der Waals surface area contributed by atoms with Crippen LogP contribution >= 0.6 is 11.3 Å². The summed E-state index contributed by atoms with van der Waals surface area (Å²) in [4.78, 5) is 18.8. The van der Waals surface area contributed by atoms with Crippen molar-refractivity contribution in [3.05, 3.63) is 58.2 Å². The molecule has 1 fully saturated rings. The smallest absolute Gasteiger partial charge is 0.326 e. The summed E-state index contributed by atoms with van der Waals surface area (Å²) in [5.41, 5.74) is 1.86. The van der Waals surface area contributed by atoms with Crippen molar-refractivity contribution in [2.24, 2.45) is 0 Å². The minimum Gasteiger partial charge on any atom is -0.418 e. The van der Waals surface area contributed by atoms with Gasteiger partial charge >= 0.3 is 5.69 Å². The van der Waals surface area contributed by atoms with E-state index in [-0.39, 0.29) is 17.8 Å². The van der Waals surface area contributed by atoms with E-state index in [9.17, 15) is 4.79 Å². The van der Waals surface area contributed by atoms with Gasteiger partial charge in [0.2, 0.25) is 5.89 Å². The van der Waals surface area contributed by atoms with E-state index in [1.807, 2.05) is 46.3 Å². The second kappa shape index (κ2) is 7.03. The van der Waals surface area contributed by atoms with E-state index < -0.39 is 0 Å². The molecule has 5 rings (SSSR count). The molecule has 0 bridgehead atoms. The molecule has 1 saturated heterocycles. The van der Waals surface area contributed by atoms with Crippen molar-refractivity contribution in [3.63, 3.8) is 0 Å². The third-order valence-corrected chi connectivity index (χ3v) is 6.42. The molecule has 7 nitrogen and oxygen atoms in total. The number of piperidine rings is 1. The molecule has 1 aliphatic rings. The Hall–Kier alpha value is -2.71. The number of para-hydroxylation sites is 2. The van der Waals surface area contributed by atoms with Crippen LogP contribution in [-0.4, -0.2) is 37.7 Å². The number of rotatable bonds is 4. The Labute approximate surface area is 165 Å². The Morgan fingerprint density at radius 3 is 2.79 bits per heavy atom. The number of H-pyrrole nitrogens is 1. The first-order valence-electron chi connectivity index (χ1n) is 9.51. The third-order valence-electron chi connectivity index (χ3n) is 5.57. The number of fused-ring (bicyclic) bond motifs is 1. The molecular weight excluding hydrogens is 374 g/mol. The van der Waals surface area contributed by atoms with Gasteiger partial charge in [-0.15, -0.1) is 21.5 Å². The lowest BCUT2D eigenvalue weighted by atomic mass is 10.0. The van der Waals surface area contributed by atoms with Gasteiger partial charge in [-0.05, 0) is 43.3 Å². The molecule has 3 aromatic heterocycles. The van der Waals surface area contributed by atoms with E-state index in [0.717, 1.165) is 41.8 Å². The van der Waals surface area contributed by atoms with E-state index in [1.165, 1.54) is 0 Å². The molecule has 0 amide bonds. The van der Waals surface area contributed by atoms with E-state index in [4.69, 9.17) is 4.42 Å². The van der Waals surface area contributed by atoms with E-state index in [0.29, 0.717) is 11.8 Å². The van der Waals surface area contributed by atoms with Crippen LogP contribution in [0.25, 0.3) is 21.8 Å². The molecular formula is C20H21N5O2S. The SMILES string of the molecule is C[C@@H](c1nnc(-c2cccs2)o1)N1CCC(n2c(=O)[nH]c3ccccc32)CC1. The Morgan fingerprint density at radius 2 is 2.00 bits per heavy atom. The number of nitrogens with one attached hydrogen (secondary N) is 1. The topological polar surface area (TPSA) is 79.9 Å². The van der Waals surface area contributed by atoms with Crippen LogP contribution < -0.4 is 5.69 Å². The summed E-state index contributed by atoms with van der Waals surface area (Å²) in [6.07, 6.45) is 1.83. The first-order chi connectivity index (χ1) is 13.7. The Morgan fingerprint density at radius 1 is 1.18 bits per heavy atom. The standard InChI is InChI=1S/C20H21N5O2S/c1-13(18-22-23-19(27-18)17-7-4-12-28-17)24-10-8-14(9-11-24)25-16-6-3-2-5-15(16)21-20(25)26/h2-7,12-14H,8-11H2,1H3,(H,21,26)/t13-/m0/s1. The quantitative estimate of drug-likeness (QED) is 0.568. The monoisotopic (exact) mass is 395 g/mol. The molecule has 1 aliphatic heterocycles. The van der Waals surface area contributed by atoms with E-state index in [2.05, 4.69) is 27.0 Å². The number of hydrogen-bond donors (Lipinski definition) is 1. The molecule has 8 heteroatoms. The predicted octanol–water partition coefficient (Wildman–Crippen LogP) is 3.84. The Balaban J connectivity index is 1.30. The van der Waals surface area contributed by atoms with Gasteiger partial charge in [0.15, 0.2) is 0 Å². The average molecular weight is 395 g/mol. The maximum Gasteiger partial charge on any atom is 0.326 e. The van der Waals surface area contributed by atoms with Crippen LogP contribution in [0.5, 0.6) is 0 Å². The van der Waals surface area contributed by atoms with E-state index in [1.54, 1.807) is 11.3 Å². The first-order valence-corrected chi connectivity index (χ1v) is 10.4. The number of thiophene rings is 1. The largest absolute Gasteiger partial charge is 0.418 e. The molecule has 144 valence electrons. The third kappa shape index (κ3) is 2.98. The van der Waals surface area contributed by atoms with Gasteiger partial charge in [-0.25, -0.2) is 4.79 Å². The molecule has 0 aliphatic carbocycles. The minimum absolute atomic E-state index is 0.0230. The van der Waals surface area contributed by atoms with Crippen LogP contribution in [0.3, 0.4) is 0 Å². The van der Waals surface area contributed by atoms with Gasteiger partial charge in [0, 0.05) is 19.1 Å². The zero-order valence-electron chi connectivity index (χ0n) is 15.5. The number of aromatic nitrogens is 4. The number of hydrogen-bond acceptors (Lipinski definition) is 6. The molecule has 4 aromatic rings. The highest BCUT2D eigenvalue weighted by Gasteiger charge is 2.29. The van der Waals surface area contributed by atoms with Gasteiger partial charge in [0.25, 0.3) is 5.89 Å². The normalized spacial score (nSPS) is 17.3. The highest BCUT2D eigenvalue weighted by Crippen LogP contribution is 2.31. The van der Waals surface area contributed by atoms with Crippen molar-refractivity contribution in [2.45, 2.75) is 31.8 Å². The van der Waals surface area contributed by atoms with Gasteiger partial charge in [0.05, 0.1) is 22.0 Å². The summed E-state index contributed by atoms with van der Waals surface area (Å²) in [6, 6.07) is 12.1. The highest BCUT2D eigenvalue weighted by atomic mass is 32.1. The van der Waals surface area contributed by atoms with Gasteiger partial charge in [-0.1, -0.05) is 18.2 Å². The fraction of sp³-hybridized carbons (Fsp3) is 0.350. The van der Waals surface area contributed by atoms with Gasteiger partial charge in [0.1, 0.15) is 0 Å². The molecule has 0 spiro atoms. The van der Waals surface area contributed by atoms with Crippen LogP contribution in [-0.2, 0) is 0 Å². The average Bonchev–Trinajstić information content (AvgIpc) is 3.46. The zero-order valence-corrected chi connectivity index (χ0v) is 16.4. The lowest BCUT2D eigenvalue weighted by Crippen LogP contribution is -2.38. The van der Waals surface area contributed by atoms with Crippen molar-refractivity contribution >= 4 is 22.4 Å². The molecule has 0 unspecified atom stereocenters. The number of imidazole rings is 1. The van der Waals surface area contributed by atoms with Crippen molar-refractivity contribution in [3.8, 4) is 10.8 Å². The second-order valence-corrected chi connectivity index (χ2v) is 8.13. The molecule has 1 atom stereocenters. The Bertz CT molecular complexity index is 1130. The fourth-order valence-electron chi connectivity index (χ4n) is 4.03. The van der Waals surface area contributed by atoms with Crippen LogP contribution in [0.2, 0.25) is 0 Å². The lowest BCUT2D eigenvalue weighted by molar-refractivity contribution is 0.127. The van der Waals surface area contributed by atoms with Crippen molar-refractivity contribution in [1.82, 2.24) is 24.6 Å². The van der Waals surface area contributed by atoms with Crippen molar-refractivity contribution in [2.75, 3.05) is 13.1 Å². The second-order valence-electron chi connectivity index (χ2n) is 7.18. The first kappa shape index (κ1) is 17.4. The number of likely N-dealkylation sites (tertiary alicyclic amines) is 1. The summed E-state index contributed by atoms with van der Waals surface area (Å²) in [6.45, 7) is 3.87. The minimum atomic E-state index is -0.0230. The maximum absolute atomic E-state index is 12.5. The van der Waals surface area contributed by atoms with Gasteiger partial charge in [-0.2, -0.15) is 0 Å². The molecule has 4 heterocycles. The molecule has 0 radical (unpaired) electrons. The van der Waals surface area contributed by atoms with Crippen molar-refractivity contribution in [1.29, 1.82) is 0 Å². The summed E-state index contributed by atoms with van der Waals surface area (Å²) in [7, 11) is 0. The fourth-order valence-corrected chi connectivity index (χ4v) is 4.67. The molecule has 28 heavy (non-hydrogen) atoms. The lowest BCUT2D eigenvalue weighted by Gasteiger charge is -2.35. The highest BCUT2D eigenvalue weighted by molar-refractivity contribution is 7.13.